The molecule has 0 spiro atoms. The molecular weight excluding hydrogens is 269 g/mol. The van der Waals surface area contributed by atoms with Crippen molar-refractivity contribution in [2.75, 3.05) is 0 Å². The van der Waals surface area contributed by atoms with Crippen LogP contribution in [0.15, 0.2) is 52.3 Å². The van der Waals surface area contributed by atoms with Crippen molar-refractivity contribution < 1.29 is 4.39 Å². The summed E-state index contributed by atoms with van der Waals surface area (Å²) in [7, 11) is 0. The van der Waals surface area contributed by atoms with E-state index < -0.39 is 0 Å². The Balaban J connectivity index is 2.37. The molecule has 0 aromatic heterocycles. The quantitative estimate of drug-likeness (QED) is 0.886. The van der Waals surface area contributed by atoms with Crippen molar-refractivity contribution in [3.63, 3.8) is 0 Å². The van der Waals surface area contributed by atoms with Crippen LogP contribution in [0.3, 0.4) is 0 Å². The van der Waals surface area contributed by atoms with Gasteiger partial charge in [-0.2, -0.15) is 0 Å². The van der Waals surface area contributed by atoms with Crippen LogP contribution in [-0.2, 0) is 0 Å². The van der Waals surface area contributed by atoms with Gasteiger partial charge in [0, 0.05) is 15.8 Å². The Labute approximate surface area is 115 Å². The van der Waals surface area contributed by atoms with Gasteiger partial charge in [-0.3, -0.25) is 0 Å². The molecule has 0 heterocycles. The second kappa shape index (κ2) is 5.74. The van der Waals surface area contributed by atoms with Crippen molar-refractivity contribution >= 4 is 23.4 Å². The van der Waals surface area contributed by atoms with Crippen LogP contribution in [0.25, 0.3) is 0 Å². The Morgan fingerprint density at radius 3 is 2.56 bits per heavy atom. The van der Waals surface area contributed by atoms with Gasteiger partial charge in [0.2, 0.25) is 0 Å². The van der Waals surface area contributed by atoms with E-state index in [0.29, 0.717) is 5.02 Å². The number of nitrogens with two attached hydrogens (primary N) is 1. The van der Waals surface area contributed by atoms with E-state index in [0.717, 1.165) is 15.4 Å². The highest BCUT2D eigenvalue weighted by atomic mass is 35.5. The van der Waals surface area contributed by atoms with Gasteiger partial charge in [0.05, 0.1) is 5.02 Å². The molecule has 0 aliphatic carbocycles. The second-order valence-corrected chi connectivity index (χ2v) is 5.49. The van der Waals surface area contributed by atoms with Gasteiger partial charge in [-0.15, -0.1) is 0 Å². The predicted molar refractivity (Wildman–Crippen MR) is 74.6 cm³/mol. The minimum Gasteiger partial charge on any atom is -0.324 e. The lowest BCUT2D eigenvalue weighted by atomic mass is 10.1. The average Bonchev–Trinajstić information content (AvgIpc) is 2.34. The van der Waals surface area contributed by atoms with E-state index in [2.05, 4.69) is 0 Å². The van der Waals surface area contributed by atoms with Crippen LogP contribution in [0, 0.1) is 5.82 Å². The molecule has 2 aromatic rings. The molecule has 2 rings (SSSR count). The van der Waals surface area contributed by atoms with E-state index in [1.807, 2.05) is 31.2 Å². The first-order valence-corrected chi connectivity index (χ1v) is 6.75. The summed E-state index contributed by atoms with van der Waals surface area (Å²) in [5, 5.41) is 0.683. The maximum absolute atomic E-state index is 13.2. The van der Waals surface area contributed by atoms with Crippen LogP contribution in [0.4, 0.5) is 4.39 Å². The Morgan fingerprint density at radius 2 is 1.89 bits per heavy atom. The number of hydrogen-bond acceptors (Lipinski definition) is 2. The first-order chi connectivity index (χ1) is 8.58. The SMILES string of the molecule is C[C@@H](N)c1cc(F)ccc1Sc1ccccc1Cl. The van der Waals surface area contributed by atoms with Gasteiger partial charge in [-0.1, -0.05) is 35.5 Å². The third-order valence-electron chi connectivity index (χ3n) is 2.52. The highest BCUT2D eigenvalue weighted by molar-refractivity contribution is 7.99. The number of hydrogen-bond donors (Lipinski definition) is 1. The third-order valence-corrected chi connectivity index (χ3v) is 4.13. The maximum atomic E-state index is 13.2. The van der Waals surface area contributed by atoms with Gasteiger partial charge in [0.25, 0.3) is 0 Å². The molecule has 4 heteroatoms. The van der Waals surface area contributed by atoms with Crippen molar-refractivity contribution in [1.82, 2.24) is 0 Å². The van der Waals surface area contributed by atoms with Crippen LogP contribution in [0.5, 0.6) is 0 Å². The van der Waals surface area contributed by atoms with Crippen LogP contribution in [0.2, 0.25) is 5.02 Å². The van der Waals surface area contributed by atoms with Gasteiger partial charge in [0.1, 0.15) is 5.82 Å². The Hall–Kier alpha value is -1.03. The summed E-state index contributed by atoms with van der Waals surface area (Å²) in [4.78, 5) is 1.87. The van der Waals surface area contributed by atoms with Gasteiger partial charge >= 0.3 is 0 Å². The fraction of sp³-hybridized carbons (Fsp3) is 0.143. The van der Waals surface area contributed by atoms with Crippen molar-refractivity contribution in [1.29, 1.82) is 0 Å². The standard InChI is InChI=1S/C14H13ClFNS/c1-9(17)11-8-10(16)6-7-13(11)18-14-5-3-2-4-12(14)15/h2-9H,17H2,1H3/t9-/m1/s1. The summed E-state index contributed by atoms with van der Waals surface area (Å²) in [5.41, 5.74) is 6.65. The molecule has 1 nitrogen and oxygen atoms in total. The minimum absolute atomic E-state index is 0.217. The number of halogens is 2. The second-order valence-electron chi connectivity index (χ2n) is 4.00. The molecule has 0 amide bonds. The molecule has 18 heavy (non-hydrogen) atoms. The monoisotopic (exact) mass is 281 g/mol. The normalized spacial score (nSPS) is 12.4. The lowest BCUT2D eigenvalue weighted by Gasteiger charge is -2.13. The molecule has 0 unspecified atom stereocenters. The Kier molecular flexibility index (Phi) is 4.27. The zero-order chi connectivity index (χ0) is 13.1. The van der Waals surface area contributed by atoms with Gasteiger partial charge in [0.15, 0.2) is 0 Å². The topological polar surface area (TPSA) is 26.0 Å². The highest BCUT2D eigenvalue weighted by Gasteiger charge is 2.11. The van der Waals surface area contributed by atoms with Crippen molar-refractivity contribution in [2.45, 2.75) is 22.8 Å². The predicted octanol–water partition coefficient (Wildman–Crippen LogP) is 4.65. The van der Waals surface area contributed by atoms with Gasteiger partial charge in [-0.25, -0.2) is 4.39 Å². The summed E-state index contributed by atoms with van der Waals surface area (Å²) < 4.78 is 13.2. The van der Waals surface area contributed by atoms with E-state index in [1.165, 1.54) is 23.9 Å². The largest absolute Gasteiger partial charge is 0.324 e. The van der Waals surface area contributed by atoms with E-state index in [9.17, 15) is 4.39 Å². The summed E-state index contributed by atoms with van der Waals surface area (Å²) in [5.74, 6) is -0.272. The smallest absolute Gasteiger partial charge is 0.123 e. The highest BCUT2D eigenvalue weighted by Crippen LogP contribution is 2.36. The summed E-state index contributed by atoms with van der Waals surface area (Å²) in [6, 6.07) is 12.0. The molecule has 2 aromatic carbocycles. The Morgan fingerprint density at radius 1 is 1.17 bits per heavy atom. The van der Waals surface area contributed by atoms with E-state index in [1.54, 1.807) is 6.07 Å². The van der Waals surface area contributed by atoms with Crippen LogP contribution >= 0.6 is 23.4 Å². The lowest BCUT2D eigenvalue weighted by molar-refractivity contribution is 0.619. The Bertz CT molecular complexity index is 557. The molecule has 0 radical (unpaired) electrons. The number of benzene rings is 2. The van der Waals surface area contributed by atoms with Crippen molar-refractivity contribution in [3.05, 3.63) is 58.9 Å². The first-order valence-electron chi connectivity index (χ1n) is 5.55. The van der Waals surface area contributed by atoms with Crippen LogP contribution in [0.1, 0.15) is 18.5 Å². The van der Waals surface area contributed by atoms with E-state index in [-0.39, 0.29) is 11.9 Å². The molecule has 1 atom stereocenters. The fourth-order valence-electron chi connectivity index (χ4n) is 1.61. The zero-order valence-corrected chi connectivity index (χ0v) is 11.4. The van der Waals surface area contributed by atoms with Gasteiger partial charge < -0.3 is 5.73 Å². The molecular formula is C14H13ClFNS. The summed E-state index contributed by atoms with van der Waals surface area (Å²) >= 11 is 7.61. The van der Waals surface area contributed by atoms with E-state index >= 15 is 0 Å². The van der Waals surface area contributed by atoms with E-state index in [4.69, 9.17) is 17.3 Å². The van der Waals surface area contributed by atoms with Gasteiger partial charge in [-0.05, 0) is 42.8 Å². The summed E-state index contributed by atoms with van der Waals surface area (Å²) in [6.07, 6.45) is 0. The third kappa shape index (κ3) is 3.05. The summed E-state index contributed by atoms with van der Waals surface area (Å²) in [6.45, 7) is 1.84. The molecule has 0 aliphatic rings. The van der Waals surface area contributed by atoms with Crippen molar-refractivity contribution in [3.8, 4) is 0 Å². The molecule has 0 saturated heterocycles. The first kappa shape index (κ1) is 13.4. The fourth-order valence-corrected chi connectivity index (χ4v) is 2.91. The molecule has 0 bridgehead atoms. The maximum Gasteiger partial charge on any atom is 0.123 e. The molecule has 0 saturated carbocycles. The minimum atomic E-state index is -0.272. The molecule has 94 valence electrons. The molecule has 2 N–H and O–H groups in total. The molecule has 0 aliphatic heterocycles. The average molecular weight is 282 g/mol. The van der Waals surface area contributed by atoms with Crippen molar-refractivity contribution in [2.24, 2.45) is 5.73 Å². The van der Waals surface area contributed by atoms with Crippen LogP contribution in [-0.4, -0.2) is 0 Å². The lowest BCUT2D eigenvalue weighted by Crippen LogP contribution is -2.06. The molecule has 0 fully saturated rings. The number of rotatable bonds is 3. The van der Waals surface area contributed by atoms with Crippen LogP contribution < -0.4 is 5.73 Å². The zero-order valence-electron chi connectivity index (χ0n) is 9.86.